The molecular formula is C17H15NO. The molecule has 0 bridgehead atoms. The number of para-hydroxylation sites is 1. The molecule has 0 aliphatic heterocycles. The highest BCUT2D eigenvalue weighted by molar-refractivity contribution is 5.85. The van der Waals surface area contributed by atoms with E-state index in [0.717, 1.165) is 27.7 Å². The average molecular weight is 249 g/mol. The van der Waals surface area contributed by atoms with E-state index in [1.165, 1.54) is 0 Å². The second kappa shape index (κ2) is 4.39. The van der Waals surface area contributed by atoms with Gasteiger partial charge in [-0.1, -0.05) is 36.4 Å². The summed E-state index contributed by atoms with van der Waals surface area (Å²) in [6.45, 7) is 4.06. The molecule has 3 rings (SSSR count). The zero-order chi connectivity index (χ0) is 13.4. The van der Waals surface area contributed by atoms with Gasteiger partial charge in [-0.25, -0.2) is 0 Å². The van der Waals surface area contributed by atoms with Crippen molar-refractivity contribution in [1.29, 1.82) is 0 Å². The van der Waals surface area contributed by atoms with E-state index in [2.05, 4.69) is 6.92 Å². The zero-order valence-corrected chi connectivity index (χ0v) is 11.1. The van der Waals surface area contributed by atoms with Crippen molar-refractivity contribution in [3.63, 3.8) is 0 Å². The molecule has 0 radical (unpaired) electrons. The van der Waals surface area contributed by atoms with Crippen molar-refractivity contribution in [2.75, 3.05) is 0 Å². The Morgan fingerprint density at radius 1 is 0.789 bits per heavy atom. The van der Waals surface area contributed by atoms with Crippen LogP contribution in [0.25, 0.3) is 16.5 Å². The highest BCUT2D eigenvalue weighted by Crippen LogP contribution is 2.20. The minimum absolute atomic E-state index is 0.0462. The van der Waals surface area contributed by atoms with E-state index in [1.807, 2.05) is 61.5 Å². The summed E-state index contributed by atoms with van der Waals surface area (Å²) in [4.78, 5) is 12.7. The molecule has 0 saturated carbocycles. The van der Waals surface area contributed by atoms with Crippen LogP contribution in [0.3, 0.4) is 0 Å². The first-order valence-corrected chi connectivity index (χ1v) is 6.36. The lowest BCUT2D eigenvalue weighted by molar-refractivity contribution is 0.936. The van der Waals surface area contributed by atoms with Crippen LogP contribution in [0.4, 0.5) is 0 Å². The molecule has 0 amide bonds. The molecule has 94 valence electrons. The van der Waals surface area contributed by atoms with Gasteiger partial charge in [-0.2, -0.15) is 0 Å². The second-order valence-corrected chi connectivity index (χ2v) is 4.73. The molecule has 1 heterocycles. The van der Waals surface area contributed by atoms with Crippen molar-refractivity contribution in [3.05, 3.63) is 76.2 Å². The predicted octanol–water partition coefficient (Wildman–Crippen LogP) is 3.61. The van der Waals surface area contributed by atoms with Gasteiger partial charge in [-0.3, -0.25) is 9.36 Å². The summed E-state index contributed by atoms with van der Waals surface area (Å²) in [5.41, 5.74) is 3.11. The second-order valence-electron chi connectivity index (χ2n) is 4.73. The maximum atomic E-state index is 12.7. The lowest BCUT2D eigenvalue weighted by Crippen LogP contribution is -2.21. The monoisotopic (exact) mass is 249 g/mol. The van der Waals surface area contributed by atoms with E-state index in [0.29, 0.717) is 0 Å². The van der Waals surface area contributed by atoms with Gasteiger partial charge >= 0.3 is 0 Å². The number of rotatable bonds is 1. The lowest BCUT2D eigenvalue weighted by atomic mass is 10.1. The zero-order valence-electron chi connectivity index (χ0n) is 11.1. The normalized spacial score (nSPS) is 10.8. The Hall–Kier alpha value is -2.35. The first kappa shape index (κ1) is 11.7. The van der Waals surface area contributed by atoms with Crippen molar-refractivity contribution in [2.24, 2.45) is 0 Å². The van der Waals surface area contributed by atoms with Crippen LogP contribution < -0.4 is 5.56 Å². The van der Waals surface area contributed by atoms with Gasteiger partial charge in [-0.15, -0.1) is 0 Å². The number of benzene rings is 2. The van der Waals surface area contributed by atoms with E-state index < -0.39 is 0 Å². The molecule has 2 aromatic carbocycles. The van der Waals surface area contributed by atoms with E-state index >= 15 is 0 Å². The average Bonchev–Trinajstić information content (AvgIpc) is 2.46. The van der Waals surface area contributed by atoms with Gasteiger partial charge in [0.05, 0.1) is 0 Å². The summed E-state index contributed by atoms with van der Waals surface area (Å²) in [5.74, 6) is 0. The van der Waals surface area contributed by atoms with Crippen LogP contribution in [0.1, 0.15) is 11.3 Å². The highest BCUT2D eigenvalue weighted by Gasteiger charge is 2.11. The standard InChI is InChI=1S/C17H15NO/c1-12-13(2)18(14-8-4-3-5-9-14)17(19)16-11-7-6-10-15(12)16/h3-11H,1-2H3. The summed E-state index contributed by atoms with van der Waals surface area (Å²) < 4.78 is 1.79. The molecule has 19 heavy (non-hydrogen) atoms. The molecule has 2 nitrogen and oxygen atoms in total. The number of pyridine rings is 1. The van der Waals surface area contributed by atoms with Crippen LogP contribution >= 0.6 is 0 Å². The molecule has 0 unspecified atom stereocenters. The molecule has 0 atom stereocenters. The molecule has 0 aliphatic carbocycles. The fraction of sp³-hybridized carbons (Fsp3) is 0.118. The summed E-state index contributed by atoms with van der Waals surface area (Å²) >= 11 is 0. The fourth-order valence-electron chi connectivity index (χ4n) is 2.52. The smallest absolute Gasteiger partial charge is 0.263 e. The largest absolute Gasteiger partial charge is 0.281 e. The van der Waals surface area contributed by atoms with Crippen LogP contribution in [-0.2, 0) is 0 Å². The maximum absolute atomic E-state index is 12.7. The Kier molecular flexibility index (Phi) is 2.71. The van der Waals surface area contributed by atoms with Gasteiger partial charge in [-0.05, 0) is 43.0 Å². The van der Waals surface area contributed by atoms with Crippen LogP contribution in [-0.4, -0.2) is 4.57 Å². The minimum Gasteiger partial charge on any atom is -0.281 e. The number of aromatic nitrogens is 1. The fourth-order valence-corrected chi connectivity index (χ4v) is 2.52. The molecule has 0 N–H and O–H groups in total. The van der Waals surface area contributed by atoms with Crippen molar-refractivity contribution in [3.8, 4) is 5.69 Å². The Labute approximate surface area is 111 Å². The van der Waals surface area contributed by atoms with E-state index in [-0.39, 0.29) is 5.56 Å². The van der Waals surface area contributed by atoms with Gasteiger partial charge < -0.3 is 0 Å². The van der Waals surface area contributed by atoms with Gasteiger partial charge in [0.25, 0.3) is 5.56 Å². The summed E-state index contributed by atoms with van der Waals surface area (Å²) in [6.07, 6.45) is 0. The van der Waals surface area contributed by atoms with Crippen LogP contribution in [0.2, 0.25) is 0 Å². The third-order valence-electron chi connectivity index (χ3n) is 3.66. The third-order valence-corrected chi connectivity index (χ3v) is 3.66. The van der Waals surface area contributed by atoms with E-state index in [1.54, 1.807) is 4.57 Å². The number of nitrogens with zero attached hydrogens (tertiary/aromatic N) is 1. The molecule has 2 heteroatoms. The van der Waals surface area contributed by atoms with E-state index in [9.17, 15) is 4.79 Å². The predicted molar refractivity (Wildman–Crippen MR) is 79.0 cm³/mol. The Balaban J connectivity index is 2.48. The Bertz CT molecular complexity index is 801. The summed E-state index contributed by atoms with van der Waals surface area (Å²) in [5, 5.41) is 1.81. The van der Waals surface area contributed by atoms with Gasteiger partial charge in [0.2, 0.25) is 0 Å². The van der Waals surface area contributed by atoms with Crippen LogP contribution in [0.5, 0.6) is 0 Å². The van der Waals surface area contributed by atoms with Gasteiger partial charge in [0.15, 0.2) is 0 Å². The SMILES string of the molecule is Cc1c(C)n(-c2ccccc2)c(=O)c2ccccc12. The molecule has 1 aromatic heterocycles. The topological polar surface area (TPSA) is 22.0 Å². The first-order valence-electron chi connectivity index (χ1n) is 6.36. The van der Waals surface area contributed by atoms with Gasteiger partial charge in [0, 0.05) is 16.8 Å². The lowest BCUT2D eigenvalue weighted by Gasteiger charge is -2.14. The third kappa shape index (κ3) is 1.76. The number of aryl methyl sites for hydroxylation is 1. The van der Waals surface area contributed by atoms with E-state index in [4.69, 9.17) is 0 Å². The molecule has 0 saturated heterocycles. The van der Waals surface area contributed by atoms with Gasteiger partial charge in [0.1, 0.15) is 0 Å². The summed E-state index contributed by atoms with van der Waals surface area (Å²) in [7, 11) is 0. The van der Waals surface area contributed by atoms with Crippen molar-refractivity contribution in [2.45, 2.75) is 13.8 Å². The number of hydrogen-bond donors (Lipinski definition) is 0. The molecule has 3 aromatic rings. The Morgan fingerprint density at radius 2 is 1.37 bits per heavy atom. The molecule has 0 fully saturated rings. The van der Waals surface area contributed by atoms with Crippen LogP contribution in [0.15, 0.2) is 59.4 Å². The number of hydrogen-bond acceptors (Lipinski definition) is 1. The quantitative estimate of drug-likeness (QED) is 0.645. The summed E-state index contributed by atoms with van der Waals surface area (Å²) in [6, 6.07) is 17.6. The number of fused-ring (bicyclic) bond motifs is 1. The van der Waals surface area contributed by atoms with Crippen molar-refractivity contribution >= 4 is 10.8 Å². The minimum atomic E-state index is 0.0462. The molecule has 0 aliphatic rings. The molecular weight excluding hydrogens is 234 g/mol. The van der Waals surface area contributed by atoms with Crippen molar-refractivity contribution < 1.29 is 0 Å². The van der Waals surface area contributed by atoms with Crippen molar-refractivity contribution in [1.82, 2.24) is 4.57 Å². The Morgan fingerprint density at radius 3 is 2.05 bits per heavy atom. The highest BCUT2D eigenvalue weighted by atomic mass is 16.1. The molecule has 0 spiro atoms. The maximum Gasteiger partial charge on any atom is 0.263 e. The first-order chi connectivity index (χ1) is 9.20. The van der Waals surface area contributed by atoms with Crippen LogP contribution in [0, 0.1) is 13.8 Å².